The molecular weight excluding hydrogens is 204 g/mol. The van der Waals surface area contributed by atoms with Gasteiger partial charge in [0.25, 0.3) is 0 Å². The van der Waals surface area contributed by atoms with Gasteiger partial charge in [0.1, 0.15) is 0 Å². The molecule has 0 bridgehead atoms. The minimum atomic E-state index is -2.85. The van der Waals surface area contributed by atoms with Gasteiger partial charge in [-0.05, 0) is 12.1 Å². The molecule has 0 N–H and O–H groups in total. The molecule has 0 radical (unpaired) electrons. The first-order valence-corrected chi connectivity index (χ1v) is 4.54. The van der Waals surface area contributed by atoms with E-state index in [2.05, 4.69) is 9.72 Å². The summed E-state index contributed by atoms with van der Waals surface area (Å²) in [5, 5.41) is 0. The molecule has 1 aromatic heterocycles. The predicted octanol–water partition coefficient (Wildman–Crippen LogP) is 2.99. The first-order chi connectivity index (χ1) is 7.20. The second kappa shape index (κ2) is 3.84. The summed E-state index contributed by atoms with van der Waals surface area (Å²) in [6.45, 7) is -0.976. The molecule has 15 heavy (non-hydrogen) atoms. The van der Waals surface area contributed by atoms with Crippen LogP contribution >= 0.6 is 0 Å². The van der Waals surface area contributed by atoms with Gasteiger partial charge in [-0.15, -0.1) is 0 Å². The molecule has 0 saturated carbocycles. The lowest BCUT2D eigenvalue weighted by Gasteiger charge is -2.02. The van der Waals surface area contributed by atoms with Gasteiger partial charge in [0, 0.05) is 6.42 Å². The van der Waals surface area contributed by atoms with Gasteiger partial charge in [-0.25, -0.2) is 4.98 Å². The Kier molecular flexibility index (Phi) is 2.53. The first-order valence-electron chi connectivity index (χ1n) is 4.54. The Morgan fingerprint density at radius 2 is 2.27 bits per heavy atom. The minimum absolute atomic E-state index is 0.0472. The molecule has 0 aliphatic carbocycles. The number of hydrogen-bond acceptors (Lipinski definition) is 3. The van der Waals surface area contributed by atoms with Crippen LogP contribution < -0.4 is 4.74 Å². The zero-order valence-electron chi connectivity index (χ0n) is 8.04. The van der Waals surface area contributed by atoms with Crippen molar-refractivity contribution in [2.24, 2.45) is 0 Å². The van der Waals surface area contributed by atoms with Crippen LogP contribution in [0.3, 0.4) is 0 Å². The summed E-state index contributed by atoms with van der Waals surface area (Å²) in [6, 6.07) is 4.70. The van der Waals surface area contributed by atoms with Crippen molar-refractivity contribution in [3.8, 4) is 5.75 Å². The maximum absolute atomic E-state index is 12.1. The summed E-state index contributed by atoms with van der Waals surface area (Å²) in [4.78, 5) is 4.06. The predicted molar refractivity (Wildman–Crippen MR) is 50.0 cm³/mol. The number of alkyl halides is 2. The highest BCUT2D eigenvalue weighted by molar-refractivity contribution is 5.79. The fraction of sp³-hybridized carbons (Fsp3) is 0.300. The van der Waals surface area contributed by atoms with E-state index in [-0.39, 0.29) is 5.75 Å². The highest BCUT2D eigenvalue weighted by Gasteiger charge is 2.12. The maximum Gasteiger partial charge on any atom is 0.387 e. The standard InChI is InChI=1S/C10H9F2NO2/c1-2-8-13-9-6(14-8)4-3-5-7(9)15-10(11)12/h3-5,10H,2H2,1H3. The number of halogens is 2. The van der Waals surface area contributed by atoms with Gasteiger partial charge in [0.05, 0.1) is 0 Å². The molecule has 0 fully saturated rings. The molecule has 0 spiro atoms. The molecule has 2 rings (SSSR count). The van der Waals surface area contributed by atoms with E-state index in [4.69, 9.17) is 4.42 Å². The number of para-hydroxylation sites is 1. The molecule has 3 nitrogen and oxygen atoms in total. The smallest absolute Gasteiger partial charge is 0.387 e. The van der Waals surface area contributed by atoms with E-state index in [0.717, 1.165) is 0 Å². The van der Waals surface area contributed by atoms with Crippen molar-refractivity contribution < 1.29 is 17.9 Å². The first kappa shape index (κ1) is 9.89. The third kappa shape index (κ3) is 1.91. The Bertz CT molecular complexity index is 467. The van der Waals surface area contributed by atoms with Crippen LogP contribution in [0.25, 0.3) is 11.1 Å². The Hall–Kier alpha value is -1.65. The molecule has 1 aromatic carbocycles. The molecule has 0 unspecified atom stereocenters. The number of hydrogen-bond donors (Lipinski definition) is 0. The number of oxazole rings is 1. The summed E-state index contributed by atoms with van der Waals surface area (Å²) in [5.41, 5.74) is 0.805. The summed E-state index contributed by atoms with van der Waals surface area (Å²) in [7, 11) is 0. The van der Waals surface area contributed by atoms with Gasteiger partial charge < -0.3 is 9.15 Å². The van der Waals surface area contributed by atoms with Gasteiger partial charge in [-0.3, -0.25) is 0 Å². The molecular formula is C10H9F2NO2. The number of aryl methyl sites for hydroxylation is 1. The lowest BCUT2D eigenvalue weighted by atomic mass is 10.3. The van der Waals surface area contributed by atoms with Crippen LogP contribution in [-0.2, 0) is 6.42 Å². The van der Waals surface area contributed by atoms with Crippen molar-refractivity contribution in [2.45, 2.75) is 20.0 Å². The molecule has 0 atom stereocenters. The lowest BCUT2D eigenvalue weighted by molar-refractivity contribution is -0.0489. The number of aromatic nitrogens is 1. The second-order valence-corrected chi connectivity index (χ2v) is 2.94. The van der Waals surface area contributed by atoms with Gasteiger partial charge in [-0.2, -0.15) is 8.78 Å². The van der Waals surface area contributed by atoms with Crippen molar-refractivity contribution in [3.05, 3.63) is 24.1 Å². The van der Waals surface area contributed by atoms with Crippen LogP contribution in [-0.4, -0.2) is 11.6 Å². The van der Waals surface area contributed by atoms with E-state index in [9.17, 15) is 8.78 Å². The Labute approximate surface area is 84.7 Å². The molecule has 2 aromatic rings. The third-order valence-corrected chi connectivity index (χ3v) is 1.94. The normalized spacial score (nSPS) is 11.2. The number of benzene rings is 1. The summed E-state index contributed by atoms with van der Waals surface area (Å²) >= 11 is 0. The molecule has 0 amide bonds. The minimum Gasteiger partial charge on any atom is -0.441 e. The van der Waals surface area contributed by atoms with E-state index in [1.165, 1.54) is 6.07 Å². The summed E-state index contributed by atoms with van der Waals surface area (Å²) in [6.07, 6.45) is 0.614. The van der Waals surface area contributed by atoms with E-state index in [1.54, 1.807) is 12.1 Å². The number of fused-ring (bicyclic) bond motifs is 1. The zero-order valence-corrected chi connectivity index (χ0v) is 8.04. The van der Waals surface area contributed by atoms with Crippen LogP contribution in [0.4, 0.5) is 8.78 Å². The molecule has 80 valence electrons. The van der Waals surface area contributed by atoms with E-state index in [0.29, 0.717) is 23.4 Å². The Morgan fingerprint density at radius 1 is 1.47 bits per heavy atom. The Balaban J connectivity index is 2.49. The van der Waals surface area contributed by atoms with Gasteiger partial charge >= 0.3 is 6.61 Å². The monoisotopic (exact) mass is 213 g/mol. The van der Waals surface area contributed by atoms with Crippen LogP contribution in [0.2, 0.25) is 0 Å². The number of rotatable bonds is 3. The SMILES string of the molecule is CCc1nc2c(OC(F)F)cccc2o1. The molecule has 5 heteroatoms. The lowest BCUT2D eigenvalue weighted by Crippen LogP contribution is -2.02. The van der Waals surface area contributed by atoms with E-state index in [1.807, 2.05) is 6.92 Å². The highest BCUT2D eigenvalue weighted by atomic mass is 19.3. The molecule has 0 aliphatic rings. The van der Waals surface area contributed by atoms with Crippen LogP contribution in [0.5, 0.6) is 5.75 Å². The zero-order chi connectivity index (χ0) is 10.8. The Morgan fingerprint density at radius 3 is 2.93 bits per heavy atom. The van der Waals surface area contributed by atoms with Crippen LogP contribution in [0.1, 0.15) is 12.8 Å². The average molecular weight is 213 g/mol. The number of ether oxygens (including phenoxy) is 1. The van der Waals surface area contributed by atoms with E-state index >= 15 is 0 Å². The van der Waals surface area contributed by atoms with Gasteiger partial charge in [0.2, 0.25) is 0 Å². The topological polar surface area (TPSA) is 35.3 Å². The molecule has 0 aliphatic heterocycles. The largest absolute Gasteiger partial charge is 0.441 e. The van der Waals surface area contributed by atoms with Crippen LogP contribution in [0, 0.1) is 0 Å². The van der Waals surface area contributed by atoms with Gasteiger partial charge in [-0.1, -0.05) is 13.0 Å². The van der Waals surface area contributed by atoms with Crippen molar-refractivity contribution >= 4 is 11.1 Å². The average Bonchev–Trinajstić information content (AvgIpc) is 2.61. The van der Waals surface area contributed by atoms with Crippen molar-refractivity contribution in [1.29, 1.82) is 0 Å². The quantitative estimate of drug-likeness (QED) is 0.786. The number of nitrogens with zero attached hydrogens (tertiary/aromatic N) is 1. The summed E-state index contributed by atoms with van der Waals surface area (Å²) < 4.78 is 33.7. The maximum atomic E-state index is 12.1. The fourth-order valence-electron chi connectivity index (χ4n) is 1.31. The van der Waals surface area contributed by atoms with Crippen LogP contribution in [0.15, 0.2) is 22.6 Å². The highest BCUT2D eigenvalue weighted by Crippen LogP contribution is 2.26. The van der Waals surface area contributed by atoms with Crippen molar-refractivity contribution in [1.82, 2.24) is 4.98 Å². The van der Waals surface area contributed by atoms with Gasteiger partial charge in [0.15, 0.2) is 22.7 Å². The van der Waals surface area contributed by atoms with Crippen molar-refractivity contribution in [3.63, 3.8) is 0 Å². The second-order valence-electron chi connectivity index (χ2n) is 2.94. The third-order valence-electron chi connectivity index (χ3n) is 1.94. The van der Waals surface area contributed by atoms with Crippen molar-refractivity contribution in [2.75, 3.05) is 0 Å². The summed E-state index contributed by atoms with van der Waals surface area (Å²) in [5.74, 6) is 0.557. The van der Waals surface area contributed by atoms with E-state index < -0.39 is 6.61 Å². The fourth-order valence-corrected chi connectivity index (χ4v) is 1.31. The molecule has 0 saturated heterocycles. The molecule has 1 heterocycles.